The number of hydrogen-bond donors (Lipinski definition) is 1. The molecule has 0 aromatic rings. The van der Waals surface area contributed by atoms with Gasteiger partial charge in [-0.25, -0.2) is 4.39 Å². The second kappa shape index (κ2) is 2.38. The molecule has 1 aliphatic heterocycles. The highest BCUT2D eigenvalue weighted by Crippen LogP contribution is 2.47. The van der Waals surface area contributed by atoms with Gasteiger partial charge in [0.25, 0.3) is 0 Å². The lowest BCUT2D eigenvalue weighted by Gasteiger charge is -2.24. The van der Waals surface area contributed by atoms with Crippen LogP contribution in [0.3, 0.4) is 0 Å². The maximum atomic E-state index is 13.3. The molecule has 1 atom stereocenters. The summed E-state index contributed by atoms with van der Waals surface area (Å²) in [6, 6.07) is 0. The van der Waals surface area contributed by atoms with Crippen LogP contribution in [0.15, 0.2) is 0 Å². The van der Waals surface area contributed by atoms with Crippen molar-refractivity contribution in [3.05, 3.63) is 0 Å². The first-order valence-corrected chi connectivity index (χ1v) is 4.87. The van der Waals surface area contributed by atoms with Crippen LogP contribution in [0.5, 0.6) is 0 Å². The van der Waals surface area contributed by atoms with Crippen molar-refractivity contribution in [1.82, 2.24) is 5.32 Å². The molecule has 0 bridgehead atoms. The van der Waals surface area contributed by atoms with Crippen LogP contribution in [-0.2, 0) is 0 Å². The van der Waals surface area contributed by atoms with Gasteiger partial charge in [0.1, 0.15) is 5.67 Å². The van der Waals surface area contributed by atoms with Crippen molar-refractivity contribution >= 4 is 11.8 Å². The highest BCUT2D eigenvalue weighted by molar-refractivity contribution is 8.00. The molecule has 58 valence electrons. The predicted octanol–water partition coefficient (Wildman–Crippen LogP) is 1.19. The molecule has 3 heteroatoms. The van der Waals surface area contributed by atoms with Crippen molar-refractivity contribution < 1.29 is 4.39 Å². The maximum absolute atomic E-state index is 13.3. The Kier molecular flexibility index (Phi) is 1.65. The Hall–Kier alpha value is 0.240. The van der Waals surface area contributed by atoms with E-state index in [2.05, 4.69) is 5.32 Å². The van der Waals surface area contributed by atoms with E-state index in [4.69, 9.17) is 0 Å². The Morgan fingerprint density at radius 3 is 2.80 bits per heavy atom. The van der Waals surface area contributed by atoms with Crippen molar-refractivity contribution in [2.75, 3.05) is 18.8 Å². The molecule has 0 radical (unpaired) electrons. The van der Waals surface area contributed by atoms with Crippen LogP contribution in [0, 0.1) is 0 Å². The summed E-state index contributed by atoms with van der Waals surface area (Å²) in [4.78, 5) is 0. The van der Waals surface area contributed by atoms with E-state index in [0.29, 0.717) is 0 Å². The van der Waals surface area contributed by atoms with Crippen LogP contribution in [0.2, 0.25) is 0 Å². The lowest BCUT2D eigenvalue weighted by Crippen LogP contribution is -2.39. The van der Waals surface area contributed by atoms with Gasteiger partial charge in [-0.1, -0.05) is 0 Å². The number of alkyl halides is 1. The Morgan fingerprint density at radius 2 is 2.30 bits per heavy atom. The van der Waals surface area contributed by atoms with E-state index in [1.807, 2.05) is 0 Å². The summed E-state index contributed by atoms with van der Waals surface area (Å²) in [5.74, 6) is 1.08. The quantitative estimate of drug-likeness (QED) is 0.620. The SMILES string of the molecule is FC1(C2CNCCS2)CC1. The zero-order chi connectivity index (χ0) is 7.03. The van der Waals surface area contributed by atoms with Gasteiger partial charge in [0, 0.05) is 18.8 Å². The molecule has 10 heavy (non-hydrogen) atoms. The fourth-order valence-electron chi connectivity index (χ4n) is 1.34. The normalized spacial score (nSPS) is 37.5. The molecule has 1 N–H and O–H groups in total. The Bertz CT molecular complexity index is 130. The molecule has 1 saturated heterocycles. The fraction of sp³-hybridized carbons (Fsp3) is 1.00. The topological polar surface area (TPSA) is 12.0 Å². The van der Waals surface area contributed by atoms with Crippen LogP contribution in [0.4, 0.5) is 4.39 Å². The van der Waals surface area contributed by atoms with Gasteiger partial charge in [-0.05, 0) is 12.8 Å². The Balaban J connectivity index is 1.91. The average Bonchev–Trinajstić information content (AvgIpc) is 2.72. The van der Waals surface area contributed by atoms with E-state index in [1.54, 1.807) is 11.8 Å². The van der Waals surface area contributed by atoms with E-state index in [-0.39, 0.29) is 5.25 Å². The van der Waals surface area contributed by atoms with Gasteiger partial charge in [-0.3, -0.25) is 0 Å². The van der Waals surface area contributed by atoms with Crippen LogP contribution in [-0.4, -0.2) is 29.8 Å². The van der Waals surface area contributed by atoms with E-state index < -0.39 is 5.67 Å². The van der Waals surface area contributed by atoms with E-state index >= 15 is 0 Å². The monoisotopic (exact) mass is 161 g/mol. The number of rotatable bonds is 1. The molecule has 2 aliphatic rings. The Morgan fingerprint density at radius 1 is 1.50 bits per heavy atom. The first-order valence-electron chi connectivity index (χ1n) is 3.82. The first-order chi connectivity index (χ1) is 4.81. The summed E-state index contributed by atoms with van der Waals surface area (Å²) in [5, 5.41) is 3.47. The van der Waals surface area contributed by atoms with Gasteiger partial charge >= 0.3 is 0 Å². The molecule has 2 rings (SSSR count). The lowest BCUT2D eigenvalue weighted by molar-refractivity contribution is 0.293. The molecular formula is C7H12FNS. The third-order valence-corrected chi connectivity index (χ3v) is 3.66. The fourth-order valence-corrected chi connectivity index (χ4v) is 2.66. The minimum absolute atomic E-state index is 0.251. The number of nitrogens with one attached hydrogen (secondary N) is 1. The zero-order valence-electron chi connectivity index (χ0n) is 5.90. The minimum Gasteiger partial charge on any atom is -0.315 e. The molecule has 0 amide bonds. The van der Waals surface area contributed by atoms with E-state index in [0.717, 1.165) is 31.7 Å². The van der Waals surface area contributed by atoms with Gasteiger partial charge in [0.2, 0.25) is 0 Å². The first kappa shape index (κ1) is 6.92. The van der Waals surface area contributed by atoms with Gasteiger partial charge in [0.05, 0.1) is 5.25 Å². The molecule has 1 nitrogen and oxygen atoms in total. The number of halogens is 1. The smallest absolute Gasteiger partial charge is 0.124 e. The van der Waals surface area contributed by atoms with Gasteiger partial charge in [-0.2, -0.15) is 11.8 Å². The number of hydrogen-bond acceptors (Lipinski definition) is 2. The minimum atomic E-state index is -0.780. The van der Waals surface area contributed by atoms with Crippen LogP contribution < -0.4 is 5.32 Å². The maximum Gasteiger partial charge on any atom is 0.124 e. The van der Waals surface area contributed by atoms with Gasteiger partial charge in [-0.15, -0.1) is 0 Å². The molecule has 1 unspecified atom stereocenters. The van der Waals surface area contributed by atoms with Crippen molar-refractivity contribution in [2.24, 2.45) is 0 Å². The average molecular weight is 161 g/mol. The van der Waals surface area contributed by atoms with Crippen molar-refractivity contribution in [3.63, 3.8) is 0 Å². The molecule has 1 aliphatic carbocycles. The van der Waals surface area contributed by atoms with Crippen molar-refractivity contribution in [2.45, 2.75) is 23.8 Å². The highest BCUT2D eigenvalue weighted by atomic mass is 32.2. The van der Waals surface area contributed by atoms with Gasteiger partial charge < -0.3 is 5.32 Å². The second-order valence-corrected chi connectivity index (χ2v) is 4.41. The largest absolute Gasteiger partial charge is 0.315 e. The van der Waals surface area contributed by atoms with Crippen molar-refractivity contribution in [3.8, 4) is 0 Å². The summed E-state index contributed by atoms with van der Waals surface area (Å²) < 4.78 is 13.3. The standard InChI is InChI=1S/C7H12FNS/c8-7(1-2-7)6-5-9-3-4-10-6/h6,9H,1-5H2. The molecule has 1 saturated carbocycles. The molecule has 0 aromatic carbocycles. The molecule has 2 fully saturated rings. The van der Waals surface area contributed by atoms with Crippen LogP contribution in [0.25, 0.3) is 0 Å². The van der Waals surface area contributed by atoms with E-state index in [9.17, 15) is 4.39 Å². The summed E-state index contributed by atoms with van der Waals surface area (Å²) in [6.07, 6.45) is 1.60. The molecule has 0 aromatic heterocycles. The molecular weight excluding hydrogens is 149 g/mol. The molecule has 1 heterocycles. The number of thioether (sulfide) groups is 1. The summed E-state index contributed by atoms with van der Waals surface area (Å²) >= 11 is 1.80. The van der Waals surface area contributed by atoms with E-state index in [1.165, 1.54) is 0 Å². The van der Waals surface area contributed by atoms with Gasteiger partial charge in [0.15, 0.2) is 0 Å². The third kappa shape index (κ3) is 1.17. The Labute approximate surface area is 64.8 Å². The summed E-state index contributed by atoms with van der Waals surface area (Å²) in [7, 11) is 0. The second-order valence-electron chi connectivity index (χ2n) is 3.10. The van der Waals surface area contributed by atoms with Crippen LogP contribution >= 0.6 is 11.8 Å². The van der Waals surface area contributed by atoms with Crippen molar-refractivity contribution in [1.29, 1.82) is 0 Å². The summed E-state index contributed by atoms with van der Waals surface area (Å²) in [5.41, 5.74) is -0.780. The highest BCUT2D eigenvalue weighted by Gasteiger charge is 2.50. The lowest BCUT2D eigenvalue weighted by atomic mass is 10.2. The third-order valence-electron chi connectivity index (χ3n) is 2.23. The summed E-state index contributed by atoms with van der Waals surface area (Å²) in [6.45, 7) is 1.93. The zero-order valence-corrected chi connectivity index (χ0v) is 6.72. The van der Waals surface area contributed by atoms with Crippen LogP contribution in [0.1, 0.15) is 12.8 Å². The molecule has 0 spiro atoms. The predicted molar refractivity (Wildman–Crippen MR) is 42.2 cm³/mol.